The second-order valence-corrected chi connectivity index (χ2v) is 5.03. The van der Waals surface area contributed by atoms with Crippen molar-refractivity contribution in [2.75, 3.05) is 13.2 Å². The predicted octanol–water partition coefficient (Wildman–Crippen LogP) is 2.34. The molecular formula is C14H23NO3. The van der Waals surface area contributed by atoms with E-state index in [9.17, 15) is 0 Å². The van der Waals surface area contributed by atoms with E-state index in [4.69, 9.17) is 13.9 Å². The minimum atomic E-state index is 0.317. The normalized spacial score (nSPS) is 28.4. The van der Waals surface area contributed by atoms with Crippen molar-refractivity contribution in [1.82, 2.24) is 5.32 Å². The summed E-state index contributed by atoms with van der Waals surface area (Å²) >= 11 is 0. The van der Waals surface area contributed by atoms with E-state index in [-0.39, 0.29) is 0 Å². The molecule has 2 heterocycles. The molecule has 0 amide bonds. The first kappa shape index (κ1) is 13.6. The van der Waals surface area contributed by atoms with Crippen LogP contribution in [0.1, 0.15) is 32.3 Å². The molecule has 1 saturated heterocycles. The van der Waals surface area contributed by atoms with Gasteiger partial charge in [-0.15, -0.1) is 0 Å². The Morgan fingerprint density at radius 1 is 1.33 bits per heavy atom. The molecule has 2 atom stereocenters. The van der Waals surface area contributed by atoms with Gasteiger partial charge in [0.25, 0.3) is 0 Å². The van der Waals surface area contributed by atoms with Gasteiger partial charge >= 0.3 is 0 Å². The van der Waals surface area contributed by atoms with Crippen LogP contribution in [0.5, 0.6) is 0 Å². The number of hydrogen-bond donors (Lipinski definition) is 1. The molecule has 0 aliphatic carbocycles. The van der Waals surface area contributed by atoms with Gasteiger partial charge in [-0.25, -0.2) is 0 Å². The van der Waals surface area contributed by atoms with E-state index in [0.29, 0.717) is 18.3 Å². The molecule has 1 N–H and O–H groups in total. The zero-order valence-corrected chi connectivity index (χ0v) is 11.2. The molecule has 1 aliphatic heterocycles. The third-order valence-electron chi connectivity index (χ3n) is 3.20. The summed E-state index contributed by atoms with van der Waals surface area (Å²) in [7, 11) is 0. The predicted molar refractivity (Wildman–Crippen MR) is 69.4 cm³/mol. The lowest BCUT2D eigenvalue weighted by Gasteiger charge is -2.32. The Bertz CT molecular complexity index is 316. The van der Waals surface area contributed by atoms with Crippen molar-refractivity contribution in [3.05, 3.63) is 24.2 Å². The SMILES string of the molecule is CC1CC(OCCNCc2ccoc2)CC(C)O1. The van der Waals surface area contributed by atoms with Crippen LogP contribution in [0.2, 0.25) is 0 Å². The molecule has 0 saturated carbocycles. The van der Waals surface area contributed by atoms with Gasteiger partial charge in [0.05, 0.1) is 37.4 Å². The maximum absolute atomic E-state index is 5.88. The lowest BCUT2D eigenvalue weighted by molar-refractivity contribution is -0.101. The number of hydrogen-bond acceptors (Lipinski definition) is 4. The zero-order chi connectivity index (χ0) is 12.8. The van der Waals surface area contributed by atoms with Crippen LogP contribution in [0.4, 0.5) is 0 Å². The molecule has 0 radical (unpaired) electrons. The summed E-state index contributed by atoms with van der Waals surface area (Å²) in [5.41, 5.74) is 1.17. The number of rotatable bonds is 6. The lowest BCUT2D eigenvalue weighted by atomic mass is 10.0. The largest absolute Gasteiger partial charge is 0.472 e. The Balaban J connectivity index is 1.55. The molecule has 4 nitrogen and oxygen atoms in total. The highest BCUT2D eigenvalue weighted by Crippen LogP contribution is 2.21. The summed E-state index contributed by atoms with van der Waals surface area (Å²) in [5, 5.41) is 3.33. The smallest absolute Gasteiger partial charge is 0.0947 e. The third-order valence-corrected chi connectivity index (χ3v) is 3.20. The van der Waals surface area contributed by atoms with Crippen molar-refractivity contribution in [1.29, 1.82) is 0 Å². The van der Waals surface area contributed by atoms with Crippen LogP contribution < -0.4 is 5.32 Å². The minimum Gasteiger partial charge on any atom is -0.472 e. The molecule has 2 rings (SSSR count). The quantitative estimate of drug-likeness (QED) is 0.790. The van der Waals surface area contributed by atoms with Gasteiger partial charge in [0.1, 0.15) is 0 Å². The van der Waals surface area contributed by atoms with E-state index in [1.807, 2.05) is 6.07 Å². The number of ether oxygens (including phenoxy) is 2. The van der Waals surface area contributed by atoms with Crippen molar-refractivity contribution >= 4 is 0 Å². The molecule has 1 aliphatic rings. The summed E-state index contributed by atoms with van der Waals surface area (Å²) < 4.78 is 16.6. The molecule has 0 bridgehead atoms. The molecule has 2 unspecified atom stereocenters. The molecule has 0 aromatic carbocycles. The highest BCUT2D eigenvalue weighted by molar-refractivity contribution is 5.04. The van der Waals surface area contributed by atoms with Gasteiger partial charge in [-0.05, 0) is 32.8 Å². The summed E-state index contributed by atoms with van der Waals surface area (Å²) in [5.74, 6) is 0. The Morgan fingerprint density at radius 3 is 2.78 bits per heavy atom. The van der Waals surface area contributed by atoms with E-state index >= 15 is 0 Å². The van der Waals surface area contributed by atoms with Crippen LogP contribution in [-0.2, 0) is 16.0 Å². The van der Waals surface area contributed by atoms with Crippen LogP contribution in [0, 0.1) is 0 Å². The summed E-state index contributed by atoms with van der Waals surface area (Å²) in [4.78, 5) is 0. The molecule has 1 aromatic heterocycles. The molecular weight excluding hydrogens is 230 g/mol. The fraction of sp³-hybridized carbons (Fsp3) is 0.714. The van der Waals surface area contributed by atoms with Crippen LogP contribution in [0.25, 0.3) is 0 Å². The zero-order valence-electron chi connectivity index (χ0n) is 11.2. The molecule has 0 spiro atoms. The standard InChI is InChI=1S/C14H23NO3/c1-11-7-14(8-12(2)18-11)17-6-4-15-9-13-3-5-16-10-13/h3,5,10-12,14-15H,4,6-9H2,1-2H3. The summed E-state index contributed by atoms with van der Waals surface area (Å²) in [6, 6.07) is 1.97. The van der Waals surface area contributed by atoms with Gasteiger partial charge < -0.3 is 19.2 Å². The fourth-order valence-electron chi connectivity index (χ4n) is 2.40. The molecule has 1 aromatic rings. The first-order valence-corrected chi connectivity index (χ1v) is 6.73. The maximum Gasteiger partial charge on any atom is 0.0947 e. The van der Waals surface area contributed by atoms with Crippen molar-refractivity contribution in [2.24, 2.45) is 0 Å². The van der Waals surface area contributed by atoms with Gasteiger partial charge in [-0.3, -0.25) is 0 Å². The highest BCUT2D eigenvalue weighted by Gasteiger charge is 2.24. The van der Waals surface area contributed by atoms with Gasteiger partial charge in [0.15, 0.2) is 0 Å². The lowest BCUT2D eigenvalue weighted by Crippen LogP contribution is -2.35. The van der Waals surface area contributed by atoms with Crippen molar-refractivity contribution in [3.63, 3.8) is 0 Å². The van der Waals surface area contributed by atoms with Crippen molar-refractivity contribution < 1.29 is 13.9 Å². The third kappa shape index (κ3) is 4.44. The highest BCUT2D eigenvalue weighted by atomic mass is 16.5. The second kappa shape index (κ2) is 6.92. The number of furan rings is 1. The monoisotopic (exact) mass is 253 g/mol. The van der Waals surface area contributed by atoms with E-state index in [1.54, 1.807) is 12.5 Å². The van der Waals surface area contributed by atoms with Gasteiger partial charge in [0, 0.05) is 18.7 Å². The van der Waals surface area contributed by atoms with E-state index < -0.39 is 0 Å². The Kier molecular flexibility index (Phi) is 5.23. The van der Waals surface area contributed by atoms with E-state index in [2.05, 4.69) is 19.2 Å². The fourth-order valence-corrected chi connectivity index (χ4v) is 2.40. The average molecular weight is 253 g/mol. The van der Waals surface area contributed by atoms with E-state index in [1.165, 1.54) is 5.56 Å². The topological polar surface area (TPSA) is 43.6 Å². The van der Waals surface area contributed by atoms with Crippen LogP contribution in [0.15, 0.2) is 23.0 Å². The summed E-state index contributed by atoms with van der Waals surface area (Å²) in [6.07, 6.45) is 6.45. The van der Waals surface area contributed by atoms with Gasteiger partial charge in [-0.2, -0.15) is 0 Å². The molecule has 4 heteroatoms. The van der Waals surface area contributed by atoms with E-state index in [0.717, 1.165) is 32.5 Å². The van der Waals surface area contributed by atoms with Crippen molar-refractivity contribution in [2.45, 2.75) is 51.5 Å². The molecule has 102 valence electrons. The number of nitrogens with one attached hydrogen (secondary N) is 1. The molecule has 1 fully saturated rings. The van der Waals surface area contributed by atoms with Crippen LogP contribution >= 0.6 is 0 Å². The second-order valence-electron chi connectivity index (χ2n) is 5.03. The Labute approximate surface area is 109 Å². The van der Waals surface area contributed by atoms with Crippen LogP contribution in [-0.4, -0.2) is 31.5 Å². The first-order valence-electron chi connectivity index (χ1n) is 6.73. The Morgan fingerprint density at radius 2 is 2.11 bits per heavy atom. The van der Waals surface area contributed by atoms with Gasteiger partial charge in [-0.1, -0.05) is 0 Å². The molecule has 18 heavy (non-hydrogen) atoms. The minimum absolute atomic E-state index is 0.317. The summed E-state index contributed by atoms with van der Waals surface area (Å²) in [6.45, 7) is 6.68. The first-order chi connectivity index (χ1) is 8.74. The van der Waals surface area contributed by atoms with Crippen LogP contribution in [0.3, 0.4) is 0 Å². The van der Waals surface area contributed by atoms with Gasteiger partial charge in [0.2, 0.25) is 0 Å². The maximum atomic E-state index is 5.88. The van der Waals surface area contributed by atoms with Crippen molar-refractivity contribution in [3.8, 4) is 0 Å². The average Bonchev–Trinajstić information content (AvgIpc) is 2.80. The Hall–Kier alpha value is -0.840.